The standard InChI is InChI=1S/C21H26ClN3O2/c1-13(2)18-6-7-21(24-23-18)25-11-14-8-19(26)20(9-15(14)12-25)27-17-5-3-4-16(22)10-17/h3-7,10,13-15,19-20,26H,8-9,11-12H2,1-2H3/t14-,15+,19+,20+/m0/s1. The molecule has 144 valence electrons. The first-order valence-electron chi connectivity index (χ1n) is 9.68. The molecule has 27 heavy (non-hydrogen) atoms. The van der Waals surface area contributed by atoms with E-state index in [1.54, 1.807) is 6.07 Å². The molecule has 2 aromatic rings. The molecule has 1 aromatic heterocycles. The zero-order valence-electron chi connectivity index (χ0n) is 15.8. The highest BCUT2D eigenvalue weighted by Crippen LogP contribution is 2.39. The first kappa shape index (κ1) is 18.5. The third-order valence-electron chi connectivity index (χ3n) is 5.76. The predicted molar refractivity (Wildman–Crippen MR) is 106 cm³/mol. The monoisotopic (exact) mass is 387 g/mol. The van der Waals surface area contributed by atoms with Crippen LogP contribution in [0.15, 0.2) is 36.4 Å². The lowest BCUT2D eigenvalue weighted by Crippen LogP contribution is -2.42. The summed E-state index contributed by atoms with van der Waals surface area (Å²) < 4.78 is 6.06. The molecule has 4 rings (SSSR count). The Hall–Kier alpha value is -1.85. The third-order valence-corrected chi connectivity index (χ3v) is 5.99. The molecule has 5 nitrogen and oxygen atoms in total. The second-order valence-electron chi connectivity index (χ2n) is 8.05. The molecule has 0 radical (unpaired) electrons. The van der Waals surface area contributed by atoms with Gasteiger partial charge in [0.25, 0.3) is 0 Å². The Balaban J connectivity index is 1.42. The van der Waals surface area contributed by atoms with Crippen molar-refractivity contribution in [1.82, 2.24) is 10.2 Å². The van der Waals surface area contributed by atoms with Crippen molar-refractivity contribution < 1.29 is 9.84 Å². The van der Waals surface area contributed by atoms with Gasteiger partial charge in [-0.1, -0.05) is 31.5 Å². The Morgan fingerprint density at radius 2 is 1.89 bits per heavy atom. The maximum atomic E-state index is 10.6. The van der Waals surface area contributed by atoms with Gasteiger partial charge in [0.05, 0.1) is 11.8 Å². The Labute approximate surface area is 165 Å². The molecule has 2 heterocycles. The van der Waals surface area contributed by atoms with E-state index in [2.05, 4.69) is 41.1 Å². The number of fused-ring (bicyclic) bond motifs is 1. The zero-order chi connectivity index (χ0) is 19.0. The zero-order valence-corrected chi connectivity index (χ0v) is 16.5. The number of benzene rings is 1. The Morgan fingerprint density at radius 3 is 2.56 bits per heavy atom. The van der Waals surface area contributed by atoms with Crippen molar-refractivity contribution in [2.45, 2.75) is 44.8 Å². The number of halogens is 1. The van der Waals surface area contributed by atoms with Crippen LogP contribution in [0.25, 0.3) is 0 Å². The first-order chi connectivity index (χ1) is 13.0. The summed E-state index contributed by atoms with van der Waals surface area (Å²) in [6.45, 7) is 6.09. The molecule has 0 spiro atoms. The van der Waals surface area contributed by atoms with Gasteiger partial charge in [-0.15, -0.1) is 5.10 Å². The van der Waals surface area contributed by atoms with Crippen molar-refractivity contribution in [3.8, 4) is 5.75 Å². The largest absolute Gasteiger partial charge is 0.488 e. The van der Waals surface area contributed by atoms with E-state index in [1.807, 2.05) is 18.2 Å². The highest BCUT2D eigenvalue weighted by molar-refractivity contribution is 6.30. The molecule has 1 aromatic carbocycles. The lowest BCUT2D eigenvalue weighted by atomic mass is 9.78. The van der Waals surface area contributed by atoms with Gasteiger partial charge in [-0.2, -0.15) is 5.10 Å². The Bertz CT molecular complexity index is 783. The normalized spacial score (nSPS) is 27.7. The average molecular weight is 388 g/mol. The van der Waals surface area contributed by atoms with Gasteiger partial charge in [-0.3, -0.25) is 0 Å². The van der Waals surface area contributed by atoms with E-state index < -0.39 is 6.10 Å². The fourth-order valence-electron chi connectivity index (χ4n) is 4.23. The fraction of sp³-hybridized carbons (Fsp3) is 0.524. The van der Waals surface area contributed by atoms with Crippen molar-refractivity contribution in [1.29, 1.82) is 0 Å². The number of nitrogens with zero attached hydrogens (tertiary/aromatic N) is 3. The minimum atomic E-state index is -0.459. The van der Waals surface area contributed by atoms with Crippen LogP contribution in [0, 0.1) is 11.8 Å². The summed E-state index contributed by atoms with van der Waals surface area (Å²) in [5.41, 5.74) is 1.01. The second-order valence-corrected chi connectivity index (χ2v) is 8.49. The predicted octanol–water partition coefficient (Wildman–Crippen LogP) is 3.91. The summed E-state index contributed by atoms with van der Waals surface area (Å²) in [5, 5.41) is 20.0. The van der Waals surface area contributed by atoms with Crippen LogP contribution in [0.1, 0.15) is 38.3 Å². The molecule has 2 aliphatic rings. The molecule has 6 heteroatoms. The number of aliphatic hydroxyl groups is 1. The maximum absolute atomic E-state index is 10.6. The minimum Gasteiger partial charge on any atom is -0.488 e. The lowest BCUT2D eigenvalue weighted by Gasteiger charge is -2.35. The number of anilines is 1. The van der Waals surface area contributed by atoms with Gasteiger partial charge >= 0.3 is 0 Å². The van der Waals surface area contributed by atoms with Crippen molar-refractivity contribution in [3.63, 3.8) is 0 Å². The summed E-state index contributed by atoms with van der Waals surface area (Å²) in [4.78, 5) is 2.29. The van der Waals surface area contributed by atoms with Crippen LogP contribution in [0.5, 0.6) is 5.75 Å². The van der Waals surface area contributed by atoms with Crippen LogP contribution in [0.4, 0.5) is 5.82 Å². The van der Waals surface area contributed by atoms with E-state index in [1.165, 1.54) is 0 Å². The summed E-state index contributed by atoms with van der Waals surface area (Å²) >= 11 is 6.04. The van der Waals surface area contributed by atoms with Crippen molar-refractivity contribution in [3.05, 3.63) is 47.1 Å². The van der Waals surface area contributed by atoms with Gasteiger partial charge in [0, 0.05) is 18.1 Å². The van der Waals surface area contributed by atoms with Crippen LogP contribution in [0.3, 0.4) is 0 Å². The van der Waals surface area contributed by atoms with Crippen LogP contribution < -0.4 is 9.64 Å². The molecule has 1 saturated carbocycles. The average Bonchev–Trinajstić information content (AvgIpc) is 3.05. The number of hydrogen-bond acceptors (Lipinski definition) is 5. The highest BCUT2D eigenvalue weighted by Gasteiger charge is 2.43. The van der Waals surface area contributed by atoms with E-state index in [9.17, 15) is 5.11 Å². The van der Waals surface area contributed by atoms with E-state index in [0.717, 1.165) is 43.2 Å². The molecule has 4 atom stereocenters. The van der Waals surface area contributed by atoms with Gasteiger partial charge in [-0.25, -0.2) is 0 Å². The van der Waals surface area contributed by atoms with Gasteiger partial charge in [0.1, 0.15) is 11.9 Å². The molecular weight excluding hydrogens is 362 g/mol. The Kier molecular flexibility index (Phi) is 5.24. The highest BCUT2D eigenvalue weighted by atomic mass is 35.5. The number of ether oxygens (including phenoxy) is 1. The Morgan fingerprint density at radius 1 is 1.11 bits per heavy atom. The maximum Gasteiger partial charge on any atom is 0.151 e. The molecule has 0 unspecified atom stereocenters. The molecule has 0 bridgehead atoms. The van der Waals surface area contributed by atoms with E-state index in [4.69, 9.17) is 16.3 Å². The summed E-state index contributed by atoms with van der Waals surface area (Å²) in [5.74, 6) is 2.98. The molecule has 1 aliphatic heterocycles. The van der Waals surface area contributed by atoms with Crippen LogP contribution in [-0.2, 0) is 0 Å². The molecule has 0 amide bonds. The summed E-state index contributed by atoms with van der Waals surface area (Å²) in [6.07, 6.45) is 0.939. The fourth-order valence-corrected chi connectivity index (χ4v) is 4.41. The van der Waals surface area contributed by atoms with Crippen LogP contribution in [0.2, 0.25) is 5.02 Å². The molecule has 1 aliphatic carbocycles. The third kappa shape index (κ3) is 4.04. The molecule has 2 fully saturated rings. The molecular formula is C21H26ClN3O2. The van der Waals surface area contributed by atoms with Crippen LogP contribution >= 0.6 is 11.6 Å². The van der Waals surface area contributed by atoms with Crippen molar-refractivity contribution >= 4 is 17.4 Å². The first-order valence-corrected chi connectivity index (χ1v) is 10.1. The summed E-state index contributed by atoms with van der Waals surface area (Å²) in [7, 11) is 0. The topological polar surface area (TPSA) is 58.5 Å². The van der Waals surface area contributed by atoms with Gasteiger partial charge in [-0.05, 0) is 60.9 Å². The number of aromatic nitrogens is 2. The lowest BCUT2D eigenvalue weighted by molar-refractivity contribution is -0.0231. The van der Waals surface area contributed by atoms with E-state index >= 15 is 0 Å². The number of rotatable bonds is 4. The van der Waals surface area contributed by atoms with Crippen molar-refractivity contribution in [2.75, 3.05) is 18.0 Å². The van der Waals surface area contributed by atoms with Gasteiger partial charge in [0.15, 0.2) is 5.82 Å². The van der Waals surface area contributed by atoms with E-state index in [0.29, 0.717) is 22.8 Å². The van der Waals surface area contributed by atoms with E-state index in [-0.39, 0.29) is 6.10 Å². The van der Waals surface area contributed by atoms with Gasteiger partial charge < -0.3 is 14.7 Å². The molecule has 1 N–H and O–H groups in total. The minimum absolute atomic E-state index is 0.195. The second kappa shape index (κ2) is 7.64. The molecule has 1 saturated heterocycles. The number of aliphatic hydroxyl groups excluding tert-OH is 1. The quantitative estimate of drug-likeness (QED) is 0.861. The smallest absolute Gasteiger partial charge is 0.151 e. The van der Waals surface area contributed by atoms with Crippen molar-refractivity contribution in [2.24, 2.45) is 11.8 Å². The number of hydrogen-bond donors (Lipinski definition) is 1. The summed E-state index contributed by atoms with van der Waals surface area (Å²) in [6, 6.07) is 11.5. The SMILES string of the molecule is CC(C)c1ccc(N2C[C@H]3C[C@@H](Oc4cccc(Cl)c4)[C@H](O)C[C@H]3C2)nn1. The van der Waals surface area contributed by atoms with Gasteiger partial charge in [0.2, 0.25) is 0 Å². The van der Waals surface area contributed by atoms with Crippen LogP contribution in [-0.4, -0.2) is 40.6 Å².